The molecule has 0 aromatic rings. The third-order valence-electron chi connectivity index (χ3n) is 0. The summed E-state index contributed by atoms with van der Waals surface area (Å²) in [6.07, 6.45) is -0.231. The van der Waals surface area contributed by atoms with Gasteiger partial charge in [0.25, 0.3) is 0 Å². The molecule has 0 bridgehead atoms. The molecule has 0 spiro atoms. The highest BCUT2D eigenvalue weighted by atomic mass is 33.1. The first kappa shape index (κ1) is 5.13. The van der Waals surface area contributed by atoms with Gasteiger partial charge in [-0.1, -0.05) is 0 Å². The maximum Gasteiger partial charge on any atom is 0.00241 e. The van der Waals surface area contributed by atoms with E-state index in [0.717, 1.165) is 0 Å². The van der Waals surface area contributed by atoms with Crippen molar-refractivity contribution in [3.63, 3.8) is 0 Å². The first-order valence-electron chi connectivity index (χ1n) is 0.847. The highest BCUT2D eigenvalue weighted by Gasteiger charge is 1.68. The van der Waals surface area contributed by atoms with Gasteiger partial charge in [-0.25, -0.2) is 0 Å². The molecular weight excluding hydrogens is 107 g/mol. The van der Waals surface area contributed by atoms with Gasteiger partial charge in [-0.3, -0.25) is 0 Å². The Labute approximate surface area is 38.0 Å². The topological polar surface area (TPSA) is 0 Å². The molecule has 0 saturated heterocycles. The van der Waals surface area contributed by atoms with Crippen LogP contribution in [0.15, 0.2) is 0 Å². The van der Waals surface area contributed by atoms with Crippen LogP contribution in [0, 0.1) is 0 Å². The molecule has 0 rings (SSSR count). The minimum atomic E-state index is -0.231. The second kappa shape index (κ2) is 2.37. The van der Waals surface area contributed by atoms with Crippen LogP contribution in [0.1, 0.15) is 0 Å². The van der Waals surface area contributed by atoms with Gasteiger partial charge in [0.15, 0.2) is 0 Å². The largest absolute Gasteiger partial charge is 0.141 e. The second-order valence-corrected chi connectivity index (χ2v) is 6.01. The van der Waals surface area contributed by atoms with Crippen molar-refractivity contribution in [3.05, 3.63) is 0 Å². The molecule has 0 aliphatic heterocycles. The molecule has 0 atom stereocenters. The molecule has 26 valence electrons. The van der Waals surface area contributed by atoms with Gasteiger partial charge in [0.1, 0.15) is 0 Å². The van der Waals surface area contributed by atoms with Crippen LogP contribution in [0.3, 0.4) is 0 Å². The Kier molecular flexibility index (Phi) is 3.04. The Bertz CT molecular complexity index is 10.8. The van der Waals surface area contributed by atoms with Crippen molar-refractivity contribution < 1.29 is 0 Å². The summed E-state index contributed by atoms with van der Waals surface area (Å²) in [6.45, 7) is 1.96. The molecule has 0 heterocycles. The van der Waals surface area contributed by atoms with Crippen molar-refractivity contribution >= 4 is 30.8 Å². The van der Waals surface area contributed by atoms with Crippen LogP contribution in [0.5, 0.6) is 0 Å². The van der Waals surface area contributed by atoms with E-state index >= 15 is 0 Å². The third kappa shape index (κ3) is 11.1. The third-order valence-corrected chi connectivity index (χ3v) is 0. The van der Waals surface area contributed by atoms with E-state index in [1.807, 2.05) is 6.66 Å². The molecular formula is CH5PS2. The summed E-state index contributed by atoms with van der Waals surface area (Å²) in [7, 11) is 0. The average Bonchev–Trinajstić information content (AvgIpc) is 0.811. The summed E-state index contributed by atoms with van der Waals surface area (Å²) >= 11 is 7.79. The van der Waals surface area contributed by atoms with E-state index in [-0.39, 0.29) is 6.33 Å². The minimum Gasteiger partial charge on any atom is -0.141 e. The zero-order valence-electron chi connectivity index (χ0n) is 2.34. The normalized spacial score (nSPS) is 9.00. The average molecular weight is 112 g/mol. The summed E-state index contributed by atoms with van der Waals surface area (Å²) in [6, 6.07) is 0. The summed E-state index contributed by atoms with van der Waals surface area (Å²) in [4.78, 5) is 0. The lowest BCUT2D eigenvalue weighted by molar-refractivity contribution is 2.50. The van der Waals surface area contributed by atoms with Gasteiger partial charge in [-0.05, 0) is 6.66 Å². The van der Waals surface area contributed by atoms with Gasteiger partial charge in [-0.2, -0.15) is 0 Å². The van der Waals surface area contributed by atoms with Gasteiger partial charge in [0.2, 0.25) is 0 Å². The Balaban J connectivity index is 2.32. The lowest BCUT2D eigenvalue weighted by atomic mass is 12.0. The molecule has 0 aliphatic carbocycles. The fraction of sp³-hybridized carbons (Fsp3) is 1.00. The van der Waals surface area contributed by atoms with E-state index in [2.05, 4.69) is 24.5 Å². The standard InChI is InChI=1S/CH5PS2/c1-2(3)4/h3-4H,1H3. The van der Waals surface area contributed by atoms with Gasteiger partial charge < -0.3 is 0 Å². The number of hydrogen-bond donors (Lipinski definition) is 2. The molecule has 0 unspecified atom stereocenters. The summed E-state index contributed by atoms with van der Waals surface area (Å²) in [5.41, 5.74) is 0. The van der Waals surface area contributed by atoms with Crippen LogP contribution in [0.2, 0.25) is 0 Å². The summed E-state index contributed by atoms with van der Waals surface area (Å²) in [5, 5.41) is 0. The van der Waals surface area contributed by atoms with Crippen molar-refractivity contribution in [1.29, 1.82) is 0 Å². The molecule has 0 saturated carbocycles. The number of rotatable bonds is 0. The maximum atomic E-state index is 3.90. The van der Waals surface area contributed by atoms with Crippen LogP contribution in [-0.4, -0.2) is 6.66 Å². The SMILES string of the molecule is CP(S)S. The Hall–Kier alpha value is 1.13. The molecule has 3 heteroatoms. The van der Waals surface area contributed by atoms with Crippen LogP contribution in [0.4, 0.5) is 0 Å². The van der Waals surface area contributed by atoms with Crippen molar-refractivity contribution in [2.45, 2.75) is 0 Å². The summed E-state index contributed by atoms with van der Waals surface area (Å²) in [5.74, 6) is 0. The first-order chi connectivity index (χ1) is 1.73. The fourth-order valence-electron chi connectivity index (χ4n) is 0. The predicted octanol–water partition coefficient (Wildman–Crippen LogP) is 1.79. The second-order valence-electron chi connectivity index (χ2n) is 0.489. The first-order valence-corrected chi connectivity index (χ1v) is 4.94. The lowest BCUT2D eigenvalue weighted by Crippen LogP contribution is -1.21. The molecule has 0 amide bonds. The quantitative estimate of drug-likeness (QED) is 0.346. The fourth-order valence-corrected chi connectivity index (χ4v) is 0. The molecule has 0 nitrogen and oxygen atoms in total. The molecule has 0 aliphatic rings. The Morgan fingerprint density at radius 1 is 1.50 bits per heavy atom. The Morgan fingerprint density at radius 2 is 1.50 bits per heavy atom. The molecule has 0 aromatic carbocycles. The van der Waals surface area contributed by atoms with Gasteiger partial charge in [0, 0.05) is 6.33 Å². The number of thiol groups is 2. The number of hydrogen-bond acceptors (Lipinski definition) is 2. The van der Waals surface area contributed by atoms with Crippen molar-refractivity contribution in [1.82, 2.24) is 0 Å². The van der Waals surface area contributed by atoms with E-state index in [1.54, 1.807) is 0 Å². The van der Waals surface area contributed by atoms with Gasteiger partial charge in [-0.15, -0.1) is 24.5 Å². The highest BCUT2D eigenvalue weighted by molar-refractivity contribution is 8.78. The Morgan fingerprint density at radius 3 is 1.50 bits per heavy atom. The molecule has 0 radical (unpaired) electrons. The van der Waals surface area contributed by atoms with E-state index in [4.69, 9.17) is 0 Å². The van der Waals surface area contributed by atoms with Crippen molar-refractivity contribution in [2.75, 3.05) is 6.66 Å². The molecule has 0 aromatic heterocycles. The summed E-state index contributed by atoms with van der Waals surface area (Å²) < 4.78 is 0. The van der Waals surface area contributed by atoms with E-state index in [0.29, 0.717) is 0 Å². The van der Waals surface area contributed by atoms with Gasteiger partial charge in [0.05, 0.1) is 0 Å². The van der Waals surface area contributed by atoms with Crippen LogP contribution >= 0.6 is 30.8 Å². The van der Waals surface area contributed by atoms with Crippen LogP contribution in [-0.2, 0) is 0 Å². The monoisotopic (exact) mass is 112 g/mol. The van der Waals surface area contributed by atoms with E-state index < -0.39 is 0 Å². The van der Waals surface area contributed by atoms with Crippen LogP contribution < -0.4 is 0 Å². The van der Waals surface area contributed by atoms with Crippen molar-refractivity contribution in [3.8, 4) is 0 Å². The lowest BCUT2D eigenvalue weighted by Gasteiger charge is -1.78. The zero-order chi connectivity index (χ0) is 3.58. The maximum absolute atomic E-state index is 3.90. The van der Waals surface area contributed by atoms with Crippen LogP contribution in [0.25, 0.3) is 0 Å². The van der Waals surface area contributed by atoms with Crippen molar-refractivity contribution in [2.24, 2.45) is 0 Å². The van der Waals surface area contributed by atoms with E-state index in [9.17, 15) is 0 Å². The highest BCUT2D eigenvalue weighted by Crippen LogP contribution is 2.39. The zero-order valence-corrected chi connectivity index (χ0v) is 5.02. The predicted molar refractivity (Wildman–Crippen MR) is 30.8 cm³/mol. The smallest absolute Gasteiger partial charge is 0.00241 e. The van der Waals surface area contributed by atoms with Gasteiger partial charge >= 0.3 is 0 Å². The molecule has 0 fully saturated rings. The molecule has 4 heavy (non-hydrogen) atoms. The molecule has 0 N–H and O–H groups in total. The minimum absolute atomic E-state index is 0.231. The van der Waals surface area contributed by atoms with E-state index in [1.165, 1.54) is 0 Å².